The summed E-state index contributed by atoms with van der Waals surface area (Å²) in [5, 5.41) is 11.7. The van der Waals surface area contributed by atoms with Crippen molar-refractivity contribution in [2.45, 2.75) is 38.8 Å². The van der Waals surface area contributed by atoms with Gasteiger partial charge < -0.3 is 10.1 Å². The van der Waals surface area contributed by atoms with Gasteiger partial charge in [-0.1, -0.05) is 24.3 Å². The van der Waals surface area contributed by atoms with Gasteiger partial charge in [0.1, 0.15) is 17.9 Å². The minimum atomic E-state index is -0.239. The Balaban J connectivity index is 1.26. The third-order valence-corrected chi connectivity index (χ3v) is 7.09. The Morgan fingerprint density at radius 3 is 2.76 bits per heavy atom. The lowest BCUT2D eigenvalue weighted by Crippen LogP contribution is -2.23. The van der Waals surface area contributed by atoms with Crippen molar-refractivity contribution in [3.05, 3.63) is 71.4 Å². The summed E-state index contributed by atoms with van der Waals surface area (Å²) in [5.41, 5.74) is 5.51. The van der Waals surface area contributed by atoms with Gasteiger partial charge in [-0.25, -0.2) is 9.37 Å². The molecule has 8 heteroatoms. The number of rotatable bonds is 6. The molecule has 0 spiro atoms. The van der Waals surface area contributed by atoms with Gasteiger partial charge in [0.05, 0.1) is 6.61 Å². The van der Waals surface area contributed by atoms with Crippen LogP contribution in [-0.2, 0) is 13.0 Å². The Labute approximate surface area is 197 Å². The van der Waals surface area contributed by atoms with Crippen LogP contribution in [0.25, 0.3) is 16.8 Å². The van der Waals surface area contributed by atoms with Crippen molar-refractivity contribution < 1.29 is 9.13 Å². The molecule has 2 aromatic heterocycles. The Hall–Kier alpha value is -3.52. The first kappa shape index (κ1) is 21.0. The van der Waals surface area contributed by atoms with Crippen LogP contribution >= 0.6 is 0 Å². The van der Waals surface area contributed by atoms with Crippen molar-refractivity contribution in [2.24, 2.45) is 0 Å². The topological polar surface area (TPSA) is 67.6 Å². The van der Waals surface area contributed by atoms with Gasteiger partial charge in [-0.2, -0.15) is 0 Å². The quantitative estimate of drug-likeness (QED) is 0.454. The van der Waals surface area contributed by atoms with Crippen LogP contribution in [0.3, 0.4) is 0 Å². The number of hydrogen-bond acceptors (Lipinski definition) is 6. The molecule has 2 aliphatic heterocycles. The van der Waals surface area contributed by atoms with Gasteiger partial charge in [0.2, 0.25) is 5.95 Å². The molecule has 0 aliphatic carbocycles. The fourth-order valence-corrected chi connectivity index (χ4v) is 5.11. The summed E-state index contributed by atoms with van der Waals surface area (Å²) in [4.78, 5) is 7.16. The van der Waals surface area contributed by atoms with Crippen LogP contribution in [0.4, 0.5) is 10.3 Å². The van der Waals surface area contributed by atoms with Crippen LogP contribution in [0, 0.1) is 5.82 Å². The molecular weight excluding hydrogens is 431 g/mol. The summed E-state index contributed by atoms with van der Waals surface area (Å²) >= 11 is 0. The molecule has 0 radical (unpaired) electrons. The molecule has 6 rings (SSSR count). The molecule has 1 unspecified atom stereocenters. The predicted molar refractivity (Wildman–Crippen MR) is 128 cm³/mol. The smallest absolute Gasteiger partial charge is 0.210 e. The van der Waals surface area contributed by atoms with Crippen molar-refractivity contribution in [1.82, 2.24) is 24.5 Å². The average Bonchev–Trinajstić information content (AvgIpc) is 3.64. The minimum absolute atomic E-state index is 0.239. The molecule has 0 saturated carbocycles. The maximum absolute atomic E-state index is 14.5. The summed E-state index contributed by atoms with van der Waals surface area (Å²) in [6.45, 7) is 5.51. The highest BCUT2D eigenvalue weighted by Crippen LogP contribution is 2.32. The summed E-state index contributed by atoms with van der Waals surface area (Å²) in [5.74, 6) is 1.09. The third kappa shape index (κ3) is 3.68. The van der Waals surface area contributed by atoms with Gasteiger partial charge >= 0.3 is 0 Å². The summed E-state index contributed by atoms with van der Waals surface area (Å²) in [6, 6.07) is 12.2. The van der Waals surface area contributed by atoms with E-state index in [1.165, 1.54) is 37.6 Å². The molecule has 4 aromatic rings. The molecule has 1 fully saturated rings. The molecule has 1 atom stereocenters. The van der Waals surface area contributed by atoms with Gasteiger partial charge in [0.25, 0.3) is 0 Å². The van der Waals surface area contributed by atoms with E-state index in [1.54, 1.807) is 18.6 Å². The van der Waals surface area contributed by atoms with E-state index in [0.29, 0.717) is 42.8 Å². The highest BCUT2D eigenvalue weighted by atomic mass is 19.1. The highest BCUT2D eigenvalue weighted by molar-refractivity contribution is 5.77. The number of benzene rings is 2. The molecule has 0 amide bonds. The highest BCUT2D eigenvalue weighted by Gasteiger charge is 2.21. The minimum Gasteiger partial charge on any atom is -0.493 e. The number of nitrogens with one attached hydrogen (secondary N) is 1. The van der Waals surface area contributed by atoms with Crippen LogP contribution in [0.2, 0.25) is 0 Å². The second kappa shape index (κ2) is 8.68. The van der Waals surface area contributed by atoms with Crippen LogP contribution in [-0.4, -0.2) is 44.2 Å². The number of fused-ring (bicyclic) bond motifs is 2. The zero-order chi connectivity index (χ0) is 23.1. The fraction of sp³-hybridized carbons (Fsp3) is 0.346. The Morgan fingerprint density at radius 2 is 1.94 bits per heavy atom. The second-order valence-corrected chi connectivity index (χ2v) is 9.02. The van der Waals surface area contributed by atoms with Crippen molar-refractivity contribution >= 4 is 11.6 Å². The lowest BCUT2D eigenvalue weighted by Gasteiger charge is -2.24. The fourth-order valence-electron chi connectivity index (χ4n) is 5.11. The zero-order valence-electron chi connectivity index (χ0n) is 19.2. The number of halogens is 1. The van der Waals surface area contributed by atoms with Crippen molar-refractivity contribution in [3.8, 4) is 16.9 Å². The van der Waals surface area contributed by atoms with E-state index in [-0.39, 0.29) is 5.82 Å². The second-order valence-electron chi connectivity index (χ2n) is 9.02. The van der Waals surface area contributed by atoms with Gasteiger partial charge in [0, 0.05) is 41.9 Å². The monoisotopic (exact) mass is 458 g/mol. The van der Waals surface area contributed by atoms with Crippen molar-refractivity contribution in [2.75, 3.05) is 25.0 Å². The molecule has 7 nitrogen and oxygen atoms in total. The van der Waals surface area contributed by atoms with Crippen LogP contribution in [0.1, 0.15) is 42.5 Å². The van der Waals surface area contributed by atoms with E-state index in [2.05, 4.69) is 56.6 Å². The van der Waals surface area contributed by atoms with Crippen LogP contribution in [0.15, 0.2) is 48.9 Å². The molecular formula is C26H27FN6O. The molecule has 1 saturated heterocycles. The van der Waals surface area contributed by atoms with E-state index >= 15 is 0 Å². The summed E-state index contributed by atoms with van der Waals surface area (Å²) in [7, 11) is 0. The van der Waals surface area contributed by atoms with E-state index in [1.807, 2.05) is 4.40 Å². The van der Waals surface area contributed by atoms with Gasteiger partial charge in [0.15, 0.2) is 5.65 Å². The lowest BCUT2D eigenvalue weighted by atomic mass is 10.0. The first-order valence-electron chi connectivity index (χ1n) is 11.9. The maximum Gasteiger partial charge on any atom is 0.210 e. The first-order chi connectivity index (χ1) is 16.7. The normalized spacial score (nSPS) is 16.5. The molecule has 2 aliphatic rings. The van der Waals surface area contributed by atoms with Gasteiger partial charge in [-0.15, -0.1) is 10.2 Å². The van der Waals surface area contributed by atoms with Crippen LogP contribution < -0.4 is 10.1 Å². The van der Waals surface area contributed by atoms with E-state index in [9.17, 15) is 4.39 Å². The summed E-state index contributed by atoms with van der Waals surface area (Å²) in [6.07, 6.45) is 6.72. The SMILES string of the molecule is CC(c1ccc(-c2cnc(NCc3c(F)ccc4c3CCO4)n3cnnc23)cc1)N1CCCC1. The maximum atomic E-state index is 14.5. The Morgan fingerprint density at radius 1 is 1.12 bits per heavy atom. The zero-order valence-corrected chi connectivity index (χ0v) is 19.2. The van der Waals surface area contributed by atoms with E-state index in [0.717, 1.165) is 22.4 Å². The molecule has 0 bridgehead atoms. The average molecular weight is 459 g/mol. The van der Waals surface area contributed by atoms with Gasteiger partial charge in [-0.3, -0.25) is 9.30 Å². The Kier molecular flexibility index (Phi) is 5.37. The third-order valence-electron chi connectivity index (χ3n) is 7.09. The molecule has 2 aromatic carbocycles. The Bertz CT molecular complexity index is 1330. The number of aromatic nitrogens is 4. The molecule has 34 heavy (non-hydrogen) atoms. The largest absolute Gasteiger partial charge is 0.493 e. The molecule has 1 N–H and O–H groups in total. The predicted octanol–water partition coefficient (Wildman–Crippen LogP) is 4.63. The lowest BCUT2D eigenvalue weighted by molar-refractivity contribution is 0.263. The number of anilines is 1. The molecule has 174 valence electrons. The molecule has 4 heterocycles. The van der Waals surface area contributed by atoms with Crippen molar-refractivity contribution in [1.29, 1.82) is 0 Å². The standard InChI is InChI=1S/C26H27FN6O/c1-17(32-11-2-3-12-32)18-4-6-19(7-5-18)21-14-28-26(33-16-30-31-25(21)33)29-15-22-20-10-13-34-24(20)9-8-23(22)27/h4-9,14,16-17H,2-3,10-13,15H2,1H3,(H,28,29). The van der Waals surface area contributed by atoms with E-state index < -0.39 is 0 Å². The number of likely N-dealkylation sites (tertiary alicyclic amines) is 1. The number of nitrogens with zero attached hydrogens (tertiary/aromatic N) is 5. The number of hydrogen-bond donors (Lipinski definition) is 1. The van der Waals surface area contributed by atoms with Crippen LogP contribution in [0.5, 0.6) is 5.75 Å². The first-order valence-corrected chi connectivity index (χ1v) is 11.9. The van der Waals surface area contributed by atoms with E-state index in [4.69, 9.17) is 4.74 Å². The number of ether oxygens (including phenoxy) is 1. The summed E-state index contributed by atoms with van der Waals surface area (Å²) < 4.78 is 21.9. The van der Waals surface area contributed by atoms with Crippen molar-refractivity contribution in [3.63, 3.8) is 0 Å². The van der Waals surface area contributed by atoms with Gasteiger partial charge in [-0.05, 0) is 56.1 Å².